The number of nitrogens with two attached hydrogens (primary N) is 1. The number of phosphoric acid groups is 3. The van der Waals surface area contributed by atoms with Gasteiger partial charge in [0.25, 0.3) is 0 Å². The summed E-state index contributed by atoms with van der Waals surface area (Å²) in [6.07, 6.45) is 0.231. The number of halogens is 1. The number of aliphatic hydroxyl groups is 1. The average molecular weight is 554 g/mol. The third-order valence-electron chi connectivity index (χ3n) is 4.89. The monoisotopic (exact) mass is 553 g/mol. The van der Waals surface area contributed by atoms with E-state index < -0.39 is 52.8 Å². The molecule has 4 rings (SSSR count). The third kappa shape index (κ3) is 4.42. The van der Waals surface area contributed by atoms with Crippen LogP contribution in [0, 0.1) is 0 Å². The molecule has 1 aliphatic heterocycles. The Kier molecular flexibility index (Phi) is 5.94. The van der Waals surface area contributed by atoms with Crippen molar-refractivity contribution in [3.63, 3.8) is 0 Å². The van der Waals surface area contributed by atoms with Gasteiger partial charge in [-0.1, -0.05) is 0 Å². The van der Waals surface area contributed by atoms with E-state index in [9.17, 15) is 28.6 Å². The molecule has 1 saturated carbocycles. The molecule has 2 fully saturated rings. The number of hydrogen-bond donors (Lipinski definition) is 6. The second-order valence-electron chi connectivity index (χ2n) is 7.03. The lowest BCUT2D eigenvalue weighted by molar-refractivity contribution is -0.0377. The summed E-state index contributed by atoms with van der Waals surface area (Å²) in [5, 5.41) is 11.5. The van der Waals surface area contributed by atoms with Gasteiger partial charge in [-0.2, -0.15) is 8.62 Å². The fraction of sp³-hybridized carbons (Fsp3) is 0.500. The van der Waals surface area contributed by atoms with Gasteiger partial charge >= 0.3 is 23.5 Å². The van der Waals surface area contributed by atoms with E-state index in [-0.39, 0.29) is 12.2 Å². The maximum absolute atomic E-state index is 12.0. The number of phosphoric ester groups is 1. The quantitative estimate of drug-likeness (QED) is 0.198. The molecule has 2 unspecified atom stereocenters. The number of thiophene rings is 1. The van der Waals surface area contributed by atoms with Crippen LogP contribution >= 0.6 is 46.4 Å². The molecule has 178 valence electrons. The summed E-state index contributed by atoms with van der Waals surface area (Å²) in [7, 11) is -16.6. The zero-order chi connectivity index (χ0) is 23.7. The van der Waals surface area contributed by atoms with Gasteiger partial charge in [-0.3, -0.25) is 4.52 Å². The van der Waals surface area contributed by atoms with Crippen LogP contribution in [0.2, 0.25) is 0 Å². The lowest BCUT2D eigenvalue weighted by Gasteiger charge is -2.20. The normalized spacial score (nSPS) is 33.6. The number of alkyl halides is 1. The van der Waals surface area contributed by atoms with Gasteiger partial charge in [0.15, 0.2) is 0 Å². The van der Waals surface area contributed by atoms with Crippen LogP contribution in [0.3, 0.4) is 0 Å². The van der Waals surface area contributed by atoms with Crippen LogP contribution in [0.4, 0.5) is 5.82 Å². The molecule has 1 saturated heterocycles. The van der Waals surface area contributed by atoms with Gasteiger partial charge in [0.05, 0.1) is 22.2 Å². The first kappa shape index (κ1) is 24.6. The van der Waals surface area contributed by atoms with Crippen LogP contribution in [0.15, 0.2) is 11.7 Å². The predicted octanol–water partition coefficient (Wildman–Crippen LogP) is 1.17. The molecule has 0 radical (unpaired) electrons. The summed E-state index contributed by atoms with van der Waals surface area (Å²) < 4.78 is 52.5. The van der Waals surface area contributed by atoms with Crippen molar-refractivity contribution in [2.75, 3.05) is 12.3 Å². The van der Waals surface area contributed by atoms with Crippen molar-refractivity contribution in [2.45, 2.75) is 29.1 Å². The molecular formula is C12H15ClN3O12P3S. The van der Waals surface area contributed by atoms with E-state index in [1.54, 1.807) is 5.38 Å². The summed E-state index contributed by atoms with van der Waals surface area (Å²) in [6, 6.07) is 0. The Labute approximate surface area is 187 Å². The van der Waals surface area contributed by atoms with E-state index in [0.29, 0.717) is 15.8 Å². The molecule has 1 aliphatic carbocycles. The number of fused-ring (bicyclic) bond motifs is 2. The highest BCUT2D eigenvalue weighted by molar-refractivity contribution is 7.66. The first-order valence-corrected chi connectivity index (χ1v) is 14.2. The van der Waals surface area contributed by atoms with Gasteiger partial charge in [0.1, 0.15) is 29.5 Å². The van der Waals surface area contributed by atoms with Crippen molar-refractivity contribution in [2.24, 2.45) is 0 Å². The van der Waals surface area contributed by atoms with Crippen LogP contribution < -0.4 is 5.73 Å². The number of anilines is 1. The molecule has 2 aliphatic rings. The molecule has 0 aromatic carbocycles. The minimum Gasteiger partial charge on any atom is -0.385 e. The second kappa shape index (κ2) is 7.74. The Morgan fingerprint density at radius 2 is 1.91 bits per heavy atom. The Morgan fingerprint density at radius 1 is 1.22 bits per heavy atom. The highest BCUT2D eigenvalue weighted by Crippen LogP contribution is 2.69. The maximum Gasteiger partial charge on any atom is 0.490 e. The Bertz CT molecular complexity index is 1220. The summed E-state index contributed by atoms with van der Waals surface area (Å²) in [5.41, 5.74) is 3.51. The first-order chi connectivity index (χ1) is 14.6. The first-order valence-electron chi connectivity index (χ1n) is 8.38. The van der Waals surface area contributed by atoms with Gasteiger partial charge in [0.2, 0.25) is 0 Å². The van der Waals surface area contributed by atoms with E-state index in [0.717, 1.165) is 0 Å². The van der Waals surface area contributed by atoms with Gasteiger partial charge < -0.3 is 35.2 Å². The summed E-state index contributed by atoms with van der Waals surface area (Å²) >= 11 is 7.64. The van der Waals surface area contributed by atoms with Crippen LogP contribution in [0.25, 0.3) is 10.2 Å². The minimum absolute atomic E-state index is 0.0976. The Morgan fingerprint density at radius 3 is 2.56 bits per heavy atom. The van der Waals surface area contributed by atoms with Crippen molar-refractivity contribution in [3.05, 3.63) is 17.3 Å². The summed E-state index contributed by atoms with van der Waals surface area (Å²) in [4.78, 5) is 44.0. The zero-order valence-corrected chi connectivity index (χ0v) is 19.7. The van der Waals surface area contributed by atoms with E-state index >= 15 is 0 Å². The van der Waals surface area contributed by atoms with Crippen LogP contribution in [-0.2, 0) is 31.6 Å². The maximum atomic E-state index is 12.0. The highest BCUT2D eigenvalue weighted by Gasteiger charge is 2.79. The number of rotatable bonds is 8. The van der Waals surface area contributed by atoms with Crippen LogP contribution in [0.5, 0.6) is 0 Å². The van der Waals surface area contributed by atoms with E-state index in [4.69, 9.17) is 31.9 Å². The number of nitrogen functional groups attached to an aromatic ring is 1. The molecule has 0 spiro atoms. The van der Waals surface area contributed by atoms with Crippen molar-refractivity contribution < 1.29 is 56.3 Å². The Balaban J connectivity index is 1.50. The molecule has 0 bridgehead atoms. The van der Waals surface area contributed by atoms with E-state index in [2.05, 4.69) is 23.1 Å². The number of nitrogens with zero attached hydrogens (tertiary/aromatic N) is 2. The molecule has 6 atom stereocenters. The summed E-state index contributed by atoms with van der Waals surface area (Å²) in [6.45, 7) is -0.813. The van der Waals surface area contributed by atoms with Crippen molar-refractivity contribution in [1.82, 2.24) is 9.97 Å². The molecule has 32 heavy (non-hydrogen) atoms. The predicted molar refractivity (Wildman–Crippen MR) is 107 cm³/mol. The molecular weight excluding hydrogens is 539 g/mol. The van der Waals surface area contributed by atoms with Crippen molar-refractivity contribution in [1.29, 1.82) is 0 Å². The van der Waals surface area contributed by atoms with Crippen LogP contribution in [-0.4, -0.2) is 57.8 Å². The smallest absolute Gasteiger partial charge is 0.385 e. The van der Waals surface area contributed by atoms with Crippen molar-refractivity contribution in [3.8, 4) is 0 Å². The number of hydrogen-bond acceptors (Lipinski definition) is 12. The molecule has 2 aromatic rings. The average Bonchev–Trinajstić information content (AvgIpc) is 2.91. The molecule has 20 heteroatoms. The molecule has 3 heterocycles. The fourth-order valence-corrected chi connectivity index (χ4v) is 7.92. The number of aromatic nitrogens is 2. The topological polar surface area (TPSA) is 241 Å². The zero-order valence-electron chi connectivity index (χ0n) is 15.4. The second-order valence-corrected chi connectivity index (χ2v) is 12.8. The van der Waals surface area contributed by atoms with Gasteiger partial charge in [-0.15, -0.1) is 22.9 Å². The molecule has 7 N–H and O–H groups in total. The van der Waals surface area contributed by atoms with E-state index in [1.807, 2.05) is 0 Å². The SMILES string of the molecule is Nc1ncnc2c([C@@H]3O[C@@]4(COP(=O)(O)OP(=O)(O)OP(=O)(O)O)C[C@]4(O)[C@H]3Cl)csc12. The standard InChI is InChI=1S/C12H15ClN3O12P3S/c13-9-7(5-1-32-8-6(5)15-4-16-10(8)14)26-11(2-12(9,11)17)3-25-30(21,22)28-31(23,24)27-29(18,19)20/h1,4,7,9,17H,2-3H2,(H,21,22)(H,23,24)(H2,14,15,16)(H2,18,19,20)/t7-,9-,11+,12-/m0/s1. The third-order valence-corrected chi connectivity index (χ3v) is 10.3. The van der Waals surface area contributed by atoms with Crippen LogP contribution in [0.1, 0.15) is 18.1 Å². The lowest BCUT2D eigenvalue weighted by Crippen LogP contribution is -2.30. The largest absolute Gasteiger partial charge is 0.490 e. The number of ether oxygens (including phenoxy) is 1. The fourth-order valence-electron chi connectivity index (χ4n) is 3.45. The van der Waals surface area contributed by atoms with Gasteiger partial charge in [-0.05, 0) is 5.38 Å². The summed E-state index contributed by atoms with van der Waals surface area (Å²) in [5.74, 6) is 0.238. The van der Waals surface area contributed by atoms with E-state index in [1.165, 1.54) is 17.7 Å². The Hall–Kier alpha value is -0.540. The lowest BCUT2D eigenvalue weighted by atomic mass is 10.0. The molecule has 15 nitrogen and oxygen atoms in total. The van der Waals surface area contributed by atoms with Crippen molar-refractivity contribution >= 4 is 62.4 Å². The molecule has 2 aromatic heterocycles. The van der Waals surface area contributed by atoms with Gasteiger partial charge in [0, 0.05) is 12.0 Å². The molecule has 0 amide bonds. The van der Waals surface area contributed by atoms with Gasteiger partial charge in [-0.25, -0.2) is 23.7 Å². The minimum atomic E-state index is -5.67. The highest BCUT2D eigenvalue weighted by atomic mass is 35.5.